The van der Waals surface area contributed by atoms with E-state index in [2.05, 4.69) is 14.4 Å². The van der Waals surface area contributed by atoms with Gasteiger partial charge in [-0.3, -0.25) is 4.79 Å². The Morgan fingerprint density at radius 2 is 2.25 bits per heavy atom. The molecule has 0 aliphatic rings. The summed E-state index contributed by atoms with van der Waals surface area (Å²) in [6.45, 7) is -0.429. The van der Waals surface area contributed by atoms with Crippen molar-refractivity contribution in [3.63, 3.8) is 0 Å². The molecule has 0 unspecified atom stereocenters. The number of hydrogen-bond donors (Lipinski definition) is 1. The number of sulfonamides is 1. The Bertz CT molecular complexity index is 471. The quantitative estimate of drug-likeness (QED) is 0.620. The van der Waals surface area contributed by atoms with Gasteiger partial charge in [-0.1, -0.05) is 11.6 Å². The molecule has 88 valence electrons. The fourth-order valence-corrected chi connectivity index (χ4v) is 1.86. The lowest BCUT2D eigenvalue weighted by atomic mass is 10.5. The maximum Gasteiger partial charge on any atom is 0.320 e. The van der Waals surface area contributed by atoms with E-state index in [1.807, 2.05) is 0 Å². The number of aromatic nitrogens is 1. The summed E-state index contributed by atoms with van der Waals surface area (Å²) < 4.78 is 29.5. The zero-order chi connectivity index (χ0) is 12.2. The monoisotopic (exact) mass is 264 g/mol. The number of nitrogens with one attached hydrogen (secondary N) is 1. The minimum absolute atomic E-state index is 0.0687. The van der Waals surface area contributed by atoms with E-state index in [9.17, 15) is 13.2 Å². The topological polar surface area (TPSA) is 85.4 Å². The summed E-state index contributed by atoms with van der Waals surface area (Å²) in [7, 11) is -2.59. The Hall–Kier alpha value is -1.18. The van der Waals surface area contributed by atoms with Crippen LogP contribution >= 0.6 is 11.6 Å². The Kier molecular flexibility index (Phi) is 4.22. The molecule has 6 nitrogen and oxygen atoms in total. The maximum absolute atomic E-state index is 11.6. The van der Waals surface area contributed by atoms with Crippen LogP contribution in [0, 0.1) is 0 Å². The van der Waals surface area contributed by atoms with Crippen molar-refractivity contribution in [2.45, 2.75) is 4.90 Å². The van der Waals surface area contributed by atoms with Gasteiger partial charge in [0.25, 0.3) is 0 Å². The summed E-state index contributed by atoms with van der Waals surface area (Å²) in [6.07, 6.45) is 1.10. The van der Waals surface area contributed by atoms with Crippen molar-refractivity contribution in [1.82, 2.24) is 9.71 Å². The average Bonchev–Trinajstić information content (AvgIpc) is 2.26. The standard InChI is InChI=1S/C8H9ClN2O4S/c1-15-8(12)5-11-16(13,14)6-2-3-7(9)10-4-6/h2-4,11H,5H2,1H3. The van der Waals surface area contributed by atoms with Gasteiger partial charge >= 0.3 is 5.97 Å². The van der Waals surface area contributed by atoms with E-state index in [4.69, 9.17) is 11.6 Å². The Morgan fingerprint density at radius 3 is 2.75 bits per heavy atom. The van der Waals surface area contributed by atoms with Gasteiger partial charge in [0, 0.05) is 6.20 Å². The number of carbonyl (C=O) groups excluding carboxylic acids is 1. The van der Waals surface area contributed by atoms with Crippen LogP contribution in [-0.2, 0) is 19.6 Å². The van der Waals surface area contributed by atoms with Crippen LogP contribution in [0.25, 0.3) is 0 Å². The highest BCUT2D eigenvalue weighted by Gasteiger charge is 2.15. The third kappa shape index (κ3) is 3.44. The molecule has 0 amide bonds. The van der Waals surface area contributed by atoms with E-state index in [-0.39, 0.29) is 10.0 Å². The number of esters is 1. The Balaban J connectivity index is 2.78. The van der Waals surface area contributed by atoms with Gasteiger partial charge in [-0.15, -0.1) is 0 Å². The summed E-state index contributed by atoms with van der Waals surface area (Å²) in [5.74, 6) is -0.675. The second-order valence-electron chi connectivity index (χ2n) is 2.72. The van der Waals surface area contributed by atoms with E-state index < -0.39 is 22.5 Å². The number of rotatable bonds is 4. The zero-order valence-electron chi connectivity index (χ0n) is 8.31. The van der Waals surface area contributed by atoms with Crippen molar-refractivity contribution >= 4 is 27.6 Å². The van der Waals surface area contributed by atoms with Crippen molar-refractivity contribution in [1.29, 1.82) is 0 Å². The van der Waals surface area contributed by atoms with E-state index in [0.717, 1.165) is 6.20 Å². The van der Waals surface area contributed by atoms with Crippen molar-refractivity contribution < 1.29 is 17.9 Å². The predicted octanol–water partition coefficient (Wildman–Crippen LogP) is 0.186. The first kappa shape index (κ1) is 12.9. The largest absolute Gasteiger partial charge is 0.468 e. The summed E-state index contributed by atoms with van der Waals surface area (Å²) >= 11 is 5.51. The number of methoxy groups -OCH3 is 1. The molecule has 16 heavy (non-hydrogen) atoms. The lowest BCUT2D eigenvalue weighted by molar-refractivity contribution is -0.139. The van der Waals surface area contributed by atoms with Gasteiger partial charge in [0.2, 0.25) is 10.0 Å². The highest BCUT2D eigenvalue weighted by atomic mass is 35.5. The smallest absolute Gasteiger partial charge is 0.320 e. The highest BCUT2D eigenvalue weighted by Crippen LogP contribution is 2.10. The minimum atomic E-state index is -3.75. The first-order chi connectivity index (χ1) is 7.45. The van der Waals surface area contributed by atoms with Gasteiger partial charge in [-0.2, -0.15) is 4.72 Å². The molecule has 1 rings (SSSR count). The summed E-state index contributed by atoms with van der Waals surface area (Å²) in [5.41, 5.74) is 0. The van der Waals surface area contributed by atoms with Gasteiger partial charge in [-0.25, -0.2) is 13.4 Å². The molecule has 0 aromatic carbocycles. The molecule has 8 heteroatoms. The molecule has 0 radical (unpaired) electrons. The van der Waals surface area contributed by atoms with Crippen LogP contribution in [0.4, 0.5) is 0 Å². The second kappa shape index (κ2) is 5.24. The molecule has 0 spiro atoms. The number of pyridine rings is 1. The van der Waals surface area contributed by atoms with E-state index in [1.165, 1.54) is 19.2 Å². The van der Waals surface area contributed by atoms with Crippen molar-refractivity contribution in [3.05, 3.63) is 23.5 Å². The maximum atomic E-state index is 11.6. The molecule has 1 aromatic rings. The van der Waals surface area contributed by atoms with E-state index >= 15 is 0 Å². The SMILES string of the molecule is COC(=O)CNS(=O)(=O)c1ccc(Cl)nc1. The molecule has 0 bridgehead atoms. The minimum Gasteiger partial charge on any atom is -0.468 e. The second-order valence-corrected chi connectivity index (χ2v) is 4.87. The predicted molar refractivity (Wildman–Crippen MR) is 56.5 cm³/mol. The average molecular weight is 265 g/mol. The number of hydrogen-bond acceptors (Lipinski definition) is 5. The lowest BCUT2D eigenvalue weighted by Gasteiger charge is -2.04. The van der Waals surface area contributed by atoms with Gasteiger partial charge in [0.05, 0.1) is 7.11 Å². The molecule has 0 saturated carbocycles. The number of ether oxygens (including phenoxy) is 1. The first-order valence-electron chi connectivity index (χ1n) is 4.14. The fraction of sp³-hybridized carbons (Fsp3) is 0.250. The summed E-state index contributed by atoms with van der Waals surface area (Å²) in [4.78, 5) is 14.3. The number of nitrogens with zero attached hydrogens (tertiary/aromatic N) is 1. The normalized spacial score (nSPS) is 11.1. The van der Waals surface area contributed by atoms with Crippen LogP contribution in [0.2, 0.25) is 5.15 Å². The lowest BCUT2D eigenvalue weighted by Crippen LogP contribution is -2.30. The molecule has 1 heterocycles. The molecule has 0 atom stereocenters. The molecule has 1 N–H and O–H groups in total. The van der Waals surface area contributed by atoms with Crippen molar-refractivity contribution in [3.8, 4) is 0 Å². The van der Waals surface area contributed by atoms with E-state index in [1.54, 1.807) is 0 Å². The molecule has 0 saturated heterocycles. The summed E-state index contributed by atoms with van der Waals surface area (Å²) in [6, 6.07) is 2.63. The summed E-state index contributed by atoms with van der Waals surface area (Å²) in [5, 5.41) is 0.187. The number of carbonyl (C=O) groups is 1. The molecule has 0 aliphatic carbocycles. The van der Waals surface area contributed by atoms with Crippen LogP contribution < -0.4 is 4.72 Å². The Labute approximate surface area is 97.6 Å². The third-order valence-corrected chi connectivity index (χ3v) is 3.25. The van der Waals surface area contributed by atoms with E-state index in [0.29, 0.717) is 0 Å². The number of halogens is 1. The van der Waals surface area contributed by atoms with Crippen molar-refractivity contribution in [2.24, 2.45) is 0 Å². The first-order valence-corrected chi connectivity index (χ1v) is 6.00. The van der Waals surface area contributed by atoms with Gasteiger partial charge < -0.3 is 4.74 Å². The van der Waals surface area contributed by atoms with Crippen molar-refractivity contribution in [2.75, 3.05) is 13.7 Å². The van der Waals surface area contributed by atoms with Gasteiger partial charge in [0.1, 0.15) is 16.6 Å². The van der Waals surface area contributed by atoms with Gasteiger partial charge in [0.15, 0.2) is 0 Å². The van der Waals surface area contributed by atoms with Crippen LogP contribution in [0.15, 0.2) is 23.2 Å². The van der Waals surface area contributed by atoms with Gasteiger partial charge in [-0.05, 0) is 12.1 Å². The molecular formula is C8H9ClN2O4S. The molecular weight excluding hydrogens is 256 g/mol. The zero-order valence-corrected chi connectivity index (χ0v) is 9.88. The molecule has 0 fully saturated rings. The Morgan fingerprint density at radius 1 is 1.56 bits per heavy atom. The molecule has 1 aromatic heterocycles. The van der Waals surface area contributed by atoms with Crippen LogP contribution in [-0.4, -0.2) is 33.0 Å². The molecule has 0 aliphatic heterocycles. The van der Waals surface area contributed by atoms with Crippen LogP contribution in [0.1, 0.15) is 0 Å². The third-order valence-electron chi connectivity index (χ3n) is 1.64. The highest BCUT2D eigenvalue weighted by molar-refractivity contribution is 7.89. The van der Waals surface area contributed by atoms with Crippen LogP contribution in [0.5, 0.6) is 0 Å². The fourth-order valence-electron chi connectivity index (χ4n) is 0.831. The van der Waals surface area contributed by atoms with Crippen LogP contribution in [0.3, 0.4) is 0 Å².